The van der Waals surface area contributed by atoms with Crippen molar-refractivity contribution in [3.8, 4) is 0 Å². The number of nitrogens with zero attached hydrogens (tertiary/aromatic N) is 3. The highest BCUT2D eigenvalue weighted by Crippen LogP contribution is 2.38. The minimum atomic E-state index is -0.479. The van der Waals surface area contributed by atoms with Crippen molar-refractivity contribution in [2.75, 3.05) is 5.32 Å². The van der Waals surface area contributed by atoms with Gasteiger partial charge in [-0.25, -0.2) is 9.97 Å². The molecule has 0 unspecified atom stereocenters. The van der Waals surface area contributed by atoms with Gasteiger partial charge in [0.15, 0.2) is 5.03 Å². The fourth-order valence-corrected chi connectivity index (χ4v) is 3.22. The first-order valence-corrected chi connectivity index (χ1v) is 8.50. The van der Waals surface area contributed by atoms with Gasteiger partial charge in [-0.3, -0.25) is 10.1 Å². The lowest BCUT2D eigenvalue weighted by Gasteiger charge is -2.11. The van der Waals surface area contributed by atoms with E-state index in [9.17, 15) is 10.1 Å². The van der Waals surface area contributed by atoms with Crippen molar-refractivity contribution in [3.05, 3.63) is 75.6 Å². The second-order valence-corrected chi connectivity index (χ2v) is 6.56. The highest BCUT2D eigenvalue weighted by molar-refractivity contribution is 7.99. The first kappa shape index (κ1) is 17.2. The Balaban J connectivity index is 2.01. The predicted molar refractivity (Wildman–Crippen MR) is 98.7 cm³/mol. The molecule has 0 bridgehead atoms. The molecule has 0 fully saturated rings. The highest BCUT2D eigenvalue weighted by Gasteiger charge is 2.24. The highest BCUT2D eigenvalue weighted by atomic mass is 35.5. The van der Waals surface area contributed by atoms with Crippen LogP contribution in [0.1, 0.15) is 5.56 Å². The Hall–Kier alpha value is -2.64. The molecule has 3 rings (SSSR count). The number of hydrogen-bond acceptors (Lipinski definition) is 6. The Morgan fingerprint density at radius 2 is 1.88 bits per heavy atom. The van der Waals surface area contributed by atoms with E-state index in [0.29, 0.717) is 10.7 Å². The number of hydrogen-bond donors (Lipinski definition) is 1. The maximum Gasteiger partial charge on any atom is 0.343 e. The third-order valence-electron chi connectivity index (χ3n) is 3.45. The quantitative estimate of drug-likeness (QED) is 0.374. The van der Waals surface area contributed by atoms with Crippen LogP contribution >= 0.6 is 23.4 Å². The zero-order valence-corrected chi connectivity index (χ0v) is 14.7. The summed E-state index contributed by atoms with van der Waals surface area (Å²) in [5.74, 6) is 0.129. The molecular formula is C17H13ClN4O2S. The Bertz CT molecular complexity index is 922. The Morgan fingerprint density at radius 3 is 2.60 bits per heavy atom. The monoisotopic (exact) mass is 372 g/mol. The van der Waals surface area contributed by atoms with Gasteiger partial charge in [0.05, 0.1) is 4.92 Å². The molecule has 0 aliphatic heterocycles. The standard InChI is InChI=1S/C17H13ClN4O2S/c1-11-13(18)8-5-9-14(11)21-16-15(22(23)24)17(20-10-19-16)25-12-6-3-2-4-7-12/h2-10H,1H3,(H,19,20,21). The second kappa shape index (κ2) is 7.50. The SMILES string of the molecule is Cc1c(Cl)cccc1Nc1ncnc(Sc2ccccc2)c1[N+](=O)[O-]. The Labute approximate surface area is 153 Å². The Morgan fingerprint density at radius 1 is 1.12 bits per heavy atom. The van der Waals surface area contributed by atoms with Crippen molar-refractivity contribution < 1.29 is 4.92 Å². The Kier molecular flexibility index (Phi) is 5.16. The summed E-state index contributed by atoms with van der Waals surface area (Å²) in [7, 11) is 0. The van der Waals surface area contributed by atoms with Gasteiger partial charge in [0.1, 0.15) is 6.33 Å². The smallest absolute Gasteiger partial charge is 0.334 e. The molecule has 0 spiro atoms. The van der Waals surface area contributed by atoms with Crippen molar-refractivity contribution in [1.29, 1.82) is 0 Å². The number of nitrogens with one attached hydrogen (secondary N) is 1. The number of halogens is 1. The number of rotatable bonds is 5. The summed E-state index contributed by atoms with van der Waals surface area (Å²) in [6.07, 6.45) is 1.31. The van der Waals surface area contributed by atoms with Gasteiger partial charge in [-0.1, -0.05) is 47.6 Å². The van der Waals surface area contributed by atoms with Crippen LogP contribution in [0.2, 0.25) is 5.02 Å². The molecule has 0 aliphatic rings. The molecule has 0 saturated carbocycles. The summed E-state index contributed by atoms with van der Waals surface area (Å²) in [5, 5.41) is 15.5. The molecule has 0 radical (unpaired) electrons. The summed E-state index contributed by atoms with van der Waals surface area (Å²) in [4.78, 5) is 20.1. The van der Waals surface area contributed by atoms with Crippen molar-refractivity contribution in [3.63, 3.8) is 0 Å². The van der Waals surface area contributed by atoms with Gasteiger partial charge in [0, 0.05) is 15.6 Å². The van der Waals surface area contributed by atoms with E-state index in [0.717, 1.165) is 10.5 Å². The molecule has 1 aromatic heterocycles. The van der Waals surface area contributed by atoms with Crippen LogP contribution in [0.25, 0.3) is 0 Å². The van der Waals surface area contributed by atoms with Gasteiger partial charge in [-0.2, -0.15) is 0 Å². The lowest BCUT2D eigenvalue weighted by Crippen LogP contribution is -2.03. The van der Waals surface area contributed by atoms with E-state index >= 15 is 0 Å². The number of benzene rings is 2. The van der Waals surface area contributed by atoms with Gasteiger partial charge in [-0.05, 0) is 36.8 Å². The van der Waals surface area contributed by atoms with E-state index in [2.05, 4.69) is 15.3 Å². The van der Waals surface area contributed by atoms with E-state index < -0.39 is 4.92 Å². The van der Waals surface area contributed by atoms with Gasteiger partial charge >= 0.3 is 5.69 Å². The molecule has 6 nitrogen and oxygen atoms in total. The molecule has 25 heavy (non-hydrogen) atoms. The molecule has 3 aromatic rings. The first-order chi connectivity index (χ1) is 12.1. The molecule has 1 heterocycles. The lowest BCUT2D eigenvalue weighted by molar-refractivity contribution is -0.387. The van der Waals surface area contributed by atoms with Crippen molar-refractivity contribution in [2.24, 2.45) is 0 Å². The number of aromatic nitrogens is 2. The van der Waals surface area contributed by atoms with Gasteiger partial charge < -0.3 is 5.32 Å². The van der Waals surface area contributed by atoms with Crippen LogP contribution in [-0.2, 0) is 0 Å². The fourth-order valence-electron chi connectivity index (χ4n) is 2.16. The minimum absolute atomic E-state index is 0.129. The molecule has 1 N–H and O–H groups in total. The zero-order valence-electron chi connectivity index (χ0n) is 13.1. The van der Waals surface area contributed by atoms with E-state index in [4.69, 9.17) is 11.6 Å². The summed E-state index contributed by atoms with van der Waals surface area (Å²) in [5.41, 5.74) is 1.27. The van der Waals surface area contributed by atoms with E-state index in [1.165, 1.54) is 18.1 Å². The largest absolute Gasteiger partial charge is 0.343 e. The molecule has 126 valence electrons. The van der Waals surface area contributed by atoms with Gasteiger partial charge in [0.2, 0.25) is 5.82 Å². The van der Waals surface area contributed by atoms with Crippen molar-refractivity contribution >= 4 is 40.6 Å². The maximum absolute atomic E-state index is 11.6. The minimum Gasteiger partial charge on any atom is -0.334 e. The van der Waals surface area contributed by atoms with E-state index in [-0.39, 0.29) is 16.5 Å². The topological polar surface area (TPSA) is 81.0 Å². The second-order valence-electron chi connectivity index (χ2n) is 5.09. The average molecular weight is 373 g/mol. The molecule has 0 aliphatic carbocycles. The predicted octanol–water partition coefficient (Wildman–Crippen LogP) is 5.24. The molecule has 0 saturated heterocycles. The van der Waals surface area contributed by atoms with Crippen LogP contribution in [0.3, 0.4) is 0 Å². The molecule has 0 atom stereocenters. The van der Waals surface area contributed by atoms with Gasteiger partial charge in [0.25, 0.3) is 0 Å². The van der Waals surface area contributed by atoms with Gasteiger partial charge in [-0.15, -0.1) is 0 Å². The summed E-state index contributed by atoms with van der Waals surface area (Å²) in [6.45, 7) is 1.83. The third-order valence-corrected chi connectivity index (χ3v) is 4.86. The van der Waals surface area contributed by atoms with Crippen molar-refractivity contribution in [1.82, 2.24) is 9.97 Å². The third kappa shape index (κ3) is 3.89. The summed E-state index contributed by atoms with van der Waals surface area (Å²) < 4.78 is 0. The summed E-state index contributed by atoms with van der Waals surface area (Å²) >= 11 is 7.33. The number of nitro groups is 1. The molecule has 2 aromatic carbocycles. The van der Waals surface area contributed by atoms with Crippen molar-refractivity contribution in [2.45, 2.75) is 16.8 Å². The molecule has 0 amide bonds. The maximum atomic E-state index is 11.6. The number of anilines is 2. The average Bonchev–Trinajstić information content (AvgIpc) is 2.60. The molecular weight excluding hydrogens is 360 g/mol. The van der Waals surface area contributed by atoms with Crippen LogP contribution in [0.4, 0.5) is 17.2 Å². The van der Waals surface area contributed by atoms with E-state index in [1.54, 1.807) is 18.2 Å². The molecule has 8 heteroatoms. The van der Waals surface area contributed by atoms with Crippen LogP contribution in [0.15, 0.2) is 64.8 Å². The van der Waals surface area contributed by atoms with Crippen LogP contribution in [0.5, 0.6) is 0 Å². The van der Waals surface area contributed by atoms with Crippen LogP contribution in [-0.4, -0.2) is 14.9 Å². The van der Waals surface area contributed by atoms with Crippen LogP contribution < -0.4 is 5.32 Å². The lowest BCUT2D eigenvalue weighted by atomic mass is 10.2. The normalized spacial score (nSPS) is 10.5. The zero-order chi connectivity index (χ0) is 17.8. The summed E-state index contributed by atoms with van der Waals surface area (Å²) in [6, 6.07) is 14.7. The van der Waals surface area contributed by atoms with Crippen LogP contribution in [0, 0.1) is 17.0 Å². The first-order valence-electron chi connectivity index (χ1n) is 7.30. The fraction of sp³-hybridized carbons (Fsp3) is 0.0588. The van der Waals surface area contributed by atoms with E-state index in [1.807, 2.05) is 37.3 Å².